The summed E-state index contributed by atoms with van der Waals surface area (Å²) in [6, 6.07) is 8.93. The summed E-state index contributed by atoms with van der Waals surface area (Å²) in [7, 11) is 1.40. The van der Waals surface area contributed by atoms with Crippen LogP contribution in [0.1, 0.15) is 21.5 Å². The highest BCUT2D eigenvalue weighted by Gasteiger charge is 2.29. The third-order valence-corrected chi connectivity index (χ3v) is 3.86. The Morgan fingerprint density at radius 2 is 1.79 bits per heavy atom. The Labute approximate surface area is 159 Å². The van der Waals surface area contributed by atoms with Crippen LogP contribution in [0, 0.1) is 0 Å². The van der Waals surface area contributed by atoms with E-state index in [4.69, 9.17) is 16.3 Å². The van der Waals surface area contributed by atoms with Crippen molar-refractivity contribution in [1.29, 1.82) is 0 Å². The SMILES string of the molecule is COc1cccc(C(=O)N(N)CC(=O)NCc2ccc(C(F)(F)F)cc2)c1N. The van der Waals surface area contributed by atoms with Gasteiger partial charge in [0, 0.05) is 6.54 Å². The molecule has 0 fully saturated rings. The highest BCUT2D eigenvalue weighted by atomic mass is 19.4. The van der Waals surface area contributed by atoms with Crippen LogP contribution in [0.15, 0.2) is 42.5 Å². The zero-order chi connectivity index (χ0) is 20.9. The molecule has 7 nitrogen and oxygen atoms in total. The predicted molar refractivity (Wildman–Crippen MR) is 95.9 cm³/mol. The van der Waals surface area contributed by atoms with Crippen LogP contribution >= 0.6 is 0 Å². The van der Waals surface area contributed by atoms with Gasteiger partial charge in [0.25, 0.3) is 5.91 Å². The standard InChI is InChI=1S/C18H19F3N4O3/c1-28-14-4-2-3-13(16(14)22)17(27)25(23)10-15(26)24-9-11-5-7-12(8-6-11)18(19,20)21/h2-8H,9-10,22-23H2,1H3,(H,24,26). The molecule has 0 atom stereocenters. The molecule has 0 unspecified atom stereocenters. The van der Waals surface area contributed by atoms with Crippen molar-refractivity contribution in [3.05, 3.63) is 59.2 Å². The first-order valence-corrected chi connectivity index (χ1v) is 8.05. The number of amides is 2. The van der Waals surface area contributed by atoms with Crippen LogP contribution in [0.25, 0.3) is 0 Å². The monoisotopic (exact) mass is 396 g/mol. The quantitative estimate of drug-likeness (QED) is 0.299. The summed E-state index contributed by atoms with van der Waals surface area (Å²) in [6.45, 7) is -0.476. The van der Waals surface area contributed by atoms with E-state index in [1.807, 2.05) is 0 Å². The number of anilines is 1. The van der Waals surface area contributed by atoms with Crippen LogP contribution in [0.5, 0.6) is 5.75 Å². The van der Waals surface area contributed by atoms with Crippen LogP contribution < -0.4 is 21.6 Å². The second-order valence-corrected chi connectivity index (χ2v) is 5.83. The van der Waals surface area contributed by atoms with Crippen molar-refractivity contribution < 1.29 is 27.5 Å². The van der Waals surface area contributed by atoms with Crippen molar-refractivity contribution in [2.45, 2.75) is 12.7 Å². The normalized spacial score (nSPS) is 11.0. The maximum Gasteiger partial charge on any atom is 0.416 e. The van der Waals surface area contributed by atoms with Crippen molar-refractivity contribution in [3.63, 3.8) is 0 Å². The molecule has 0 heterocycles. The number of hydrazine groups is 1. The molecule has 0 radical (unpaired) electrons. The average molecular weight is 396 g/mol. The van der Waals surface area contributed by atoms with Gasteiger partial charge in [-0.15, -0.1) is 0 Å². The molecule has 0 bridgehead atoms. The second kappa shape index (κ2) is 8.61. The van der Waals surface area contributed by atoms with Gasteiger partial charge in [0.05, 0.1) is 23.9 Å². The van der Waals surface area contributed by atoms with E-state index in [0.717, 1.165) is 12.1 Å². The van der Waals surface area contributed by atoms with E-state index in [2.05, 4.69) is 5.32 Å². The lowest BCUT2D eigenvalue weighted by molar-refractivity contribution is -0.137. The van der Waals surface area contributed by atoms with Crippen LogP contribution in [-0.4, -0.2) is 30.5 Å². The zero-order valence-corrected chi connectivity index (χ0v) is 14.9. The highest BCUT2D eigenvalue weighted by Crippen LogP contribution is 2.29. The number of hydrogen-bond donors (Lipinski definition) is 3. The maximum absolute atomic E-state index is 12.5. The number of nitrogens with zero attached hydrogens (tertiary/aromatic N) is 1. The van der Waals surface area contributed by atoms with Gasteiger partial charge in [0.1, 0.15) is 12.3 Å². The van der Waals surface area contributed by atoms with E-state index in [0.29, 0.717) is 16.3 Å². The number of para-hydroxylation sites is 1. The number of nitrogens with two attached hydrogens (primary N) is 2. The van der Waals surface area contributed by atoms with Crippen molar-refractivity contribution in [2.24, 2.45) is 5.84 Å². The van der Waals surface area contributed by atoms with Gasteiger partial charge in [-0.05, 0) is 29.8 Å². The number of rotatable bonds is 6. The molecule has 2 rings (SSSR count). The van der Waals surface area contributed by atoms with E-state index in [1.165, 1.54) is 25.3 Å². The molecule has 0 saturated heterocycles. The number of benzene rings is 2. The fourth-order valence-corrected chi connectivity index (χ4v) is 2.36. The number of carbonyl (C=O) groups excluding carboxylic acids is 2. The Balaban J connectivity index is 1.93. The number of alkyl halides is 3. The molecule has 28 heavy (non-hydrogen) atoms. The molecule has 0 aliphatic carbocycles. The number of nitrogen functional groups attached to an aromatic ring is 1. The predicted octanol–water partition coefficient (Wildman–Crippen LogP) is 1.93. The smallest absolute Gasteiger partial charge is 0.416 e. The zero-order valence-electron chi connectivity index (χ0n) is 14.9. The first-order valence-electron chi connectivity index (χ1n) is 8.05. The van der Waals surface area contributed by atoms with Crippen LogP contribution in [0.4, 0.5) is 18.9 Å². The maximum atomic E-state index is 12.5. The van der Waals surface area contributed by atoms with E-state index in [1.54, 1.807) is 12.1 Å². The molecule has 0 aromatic heterocycles. The van der Waals surface area contributed by atoms with Gasteiger partial charge < -0.3 is 15.8 Å². The molecule has 0 spiro atoms. The fourth-order valence-electron chi connectivity index (χ4n) is 2.36. The molecule has 150 valence electrons. The van der Waals surface area contributed by atoms with Crippen molar-refractivity contribution in [1.82, 2.24) is 10.3 Å². The van der Waals surface area contributed by atoms with Gasteiger partial charge in [0.2, 0.25) is 5.91 Å². The average Bonchev–Trinajstić information content (AvgIpc) is 2.65. The fraction of sp³-hybridized carbons (Fsp3) is 0.222. The van der Waals surface area contributed by atoms with Crippen LogP contribution in [0.3, 0.4) is 0 Å². The van der Waals surface area contributed by atoms with E-state index in [9.17, 15) is 22.8 Å². The Morgan fingerprint density at radius 1 is 1.14 bits per heavy atom. The lowest BCUT2D eigenvalue weighted by Crippen LogP contribution is -2.45. The number of halogens is 3. The number of methoxy groups -OCH3 is 1. The summed E-state index contributed by atoms with van der Waals surface area (Å²) >= 11 is 0. The molecule has 5 N–H and O–H groups in total. The largest absolute Gasteiger partial charge is 0.495 e. The first kappa shape index (κ1) is 21.0. The molecule has 2 amide bonds. The molecule has 0 aliphatic heterocycles. The summed E-state index contributed by atoms with van der Waals surface area (Å²) in [5, 5.41) is 3.17. The van der Waals surface area contributed by atoms with Crippen molar-refractivity contribution in [3.8, 4) is 5.75 Å². The van der Waals surface area contributed by atoms with Gasteiger partial charge in [-0.1, -0.05) is 18.2 Å². The Hall–Kier alpha value is -3.27. The molecule has 0 aliphatic rings. The first-order chi connectivity index (χ1) is 13.1. The Morgan fingerprint density at radius 3 is 2.36 bits per heavy atom. The van der Waals surface area contributed by atoms with Crippen molar-refractivity contribution in [2.75, 3.05) is 19.4 Å². The third-order valence-electron chi connectivity index (χ3n) is 3.86. The molecule has 2 aromatic rings. The second-order valence-electron chi connectivity index (χ2n) is 5.83. The summed E-state index contributed by atoms with van der Waals surface area (Å²) in [5.41, 5.74) is 5.69. The van der Waals surface area contributed by atoms with Gasteiger partial charge >= 0.3 is 6.18 Å². The molecular weight excluding hydrogens is 377 g/mol. The Bertz CT molecular complexity index is 854. The lowest BCUT2D eigenvalue weighted by Gasteiger charge is -2.18. The van der Waals surface area contributed by atoms with Gasteiger partial charge in [-0.25, -0.2) is 5.84 Å². The third kappa shape index (κ3) is 5.13. The molecular formula is C18H19F3N4O3. The topological polar surface area (TPSA) is 111 Å². The van der Waals surface area contributed by atoms with Gasteiger partial charge in [0.15, 0.2) is 0 Å². The Kier molecular flexibility index (Phi) is 6.47. The van der Waals surface area contributed by atoms with Gasteiger partial charge in [-0.3, -0.25) is 14.6 Å². The minimum atomic E-state index is -4.43. The lowest BCUT2D eigenvalue weighted by atomic mass is 10.1. The van der Waals surface area contributed by atoms with Crippen LogP contribution in [-0.2, 0) is 17.5 Å². The molecule has 2 aromatic carbocycles. The van der Waals surface area contributed by atoms with Crippen molar-refractivity contribution >= 4 is 17.5 Å². The highest BCUT2D eigenvalue weighted by molar-refractivity contribution is 6.01. The summed E-state index contributed by atoms with van der Waals surface area (Å²) in [6.07, 6.45) is -4.43. The van der Waals surface area contributed by atoms with E-state index in [-0.39, 0.29) is 17.8 Å². The van der Waals surface area contributed by atoms with E-state index >= 15 is 0 Å². The van der Waals surface area contributed by atoms with Crippen LogP contribution in [0.2, 0.25) is 0 Å². The molecule has 0 saturated carbocycles. The number of nitrogens with one attached hydrogen (secondary N) is 1. The number of hydrogen-bond acceptors (Lipinski definition) is 5. The molecule has 10 heteroatoms. The number of carbonyl (C=O) groups is 2. The summed E-state index contributed by atoms with van der Waals surface area (Å²) in [5.74, 6) is 4.68. The van der Waals surface area contributed by atoms with Gasteiger partial charge in [-0.2, -0.15) is 13.2 Å². The number of ether oxygens (including phenoxy) is 1. The minimum Gasteiger partial charge on any atom is -0.495 e. The summed E-state index contributed by atoms with van der Waals surface area (Å²) < 4.78 is 42.6. The summed E-state index contributed by atoms with van der Waals surface area (Å²) in [4.78, 5) is 24.3. The van der Waals surface area contributed by atoms with E-state index < -0.39 is 30.1 Å². The minimum absolute atomic E-state index is 0.0136.